The number of amides is 1. The molecule has 0 radical (unpaired) electrons. The molecule has 0 bridgehead atoms. The maximum absolute atomic E-state index is 12.2. The summed E-state index contributed by atoms with van der Waals surface area (Å²) in [5.74, 6) is -0.500. The van der Waals surface area contributed by atoms with Crippen molar-refractivity contribution in [3.05, 3.63) is 51.9 Å². The first-order chi connectivity index (χ1) is 12.1. The van der Waals surface area contributed by atoms with E-state index in [0.717, 1.165) is 16.8 Å². The van der Waals surface area contributed by atoms with E-state index in [1.807, 2.05) is 32.0 Å². The Bertz CT molecular complexity index is 823. The number of halogens is 4. The summed E-state index contributed by atoms with van der Waals surface area (Å²) in [6.07, 6.45) is -1.09. The monoisotopic (exact) mass is 497 g/mol. The molecule has 1 atom stereocenters. The average Bonchev–Trinajstić information content (AvgIpc) is 2.95. The van der Waals surface area contributed by atoms with Crippen molar-refractivity contribution in [2.24, 2.45) is 0 Å². The third kappa shape index (κ3) is 6.03. The number of aryl methyl sites for hydroxylation is 2. The topological polar surface area (TPSA) is 66.3 Å². The number of anilines is 1. The van der Waals surface area contributed by atoms with Gasteiger partial charge in [-0.15, -0.1) is 0 Å². The van der Waals surface area contributed by atoms with E-state index in [2.05, 4.69) is 31.9 Å². The first-order valence-electron chi connectivity index (χ1n) is 7.34. The number of hydrogen-bond donors (Lipinski definition) is 3. The molecule has 1 aromatic heterocycles. The number of hydrogen-bond acceptors (Lipinski definition) is 3. The van der Waals surface area contributed by atoms with E-state index < -0.39 is 15.9 Å². The van der Waals surface area contributed by atoms with Gasteiger partial charge in [-0.1, -0.05) is 52.5 Å². The van der Waals surface area contributed by atoms with Crippen LogP contribution in [0.5, 0.6) is 0 Å². The van der Waals surface area contributed by atoms with Crippen LogP contribution in [-0.2, 0) is 0 Å². The Morgan fingerprint density at radius 2 is 1.88 bits per heavy atom. The molecule has 0 aliphatic heterocycles. The van der Waals surface area contributed by atoms with E-state index >= 15 is 0 Å². The number of thiocarbonyl (C=S) groups is 1. The SMILES string of the molecule is Cc1ccc(NC(=S)N[C@H](NC(=O)c2ccc(Br)o2)C(Cl)(Cl)Cl)c(C)c1. The highest BCUT2D eigenvalue weighted by Gasteiger charge is 2.35. The Hall–Kier alpha value is -0.990. The molecule has 0 aliphatic carbocycles. The highest BCUT2D eigenvalue weighted by Crippen LogP contribution is 2.29. The van der Waals surface area contributed by atoms with Gasteiger partial charge in [0, 0.05) is 5.69 Å². The van der Waals surface area contributed by atoms with Gasteiger partial charge in [0.15, 0.2) is 15.5 Å². The van der Waals surface area contributed by atoms with E-state index in [1.165, 1.54) is 6.07 Å². The third-order valence-corrected chi connectivity index (χ3v) is 4.61. The van der Waals surface area contributed by atoms with Crippen molar-refractivity contribution < 1.29 is 9.21 Å². The zero-order valence-electron chi connectivity index (χ0n) is 13.7. The molecule has 26 heavy (non-hydrogen) atoms. The summed E-state index contributed by atoms with van der Waals surface area (Å²) in [7, 11) is 0. The van der Waals surface area contributed by atoms with E-state index in [-0.39, 0.29) is 10.9 Å². The lowest BCUT2D eigenvalue weighted by atomic mass is 10.1. The number of nitrogens with one attached hydrogen (secondary N) is 3. The van der Waals surface area contributed by atoms with Crippen LogP contribution in [0.25, 0.3) is 0 Å². The minimum atomic E-state index is -1.85. The molecule has 2 aromatic rings. The molecule has 0 aliphatic rings. The van der Waals surface area contributed by atoms with Gasteiger partial charge in [0.1, 0.15) is 6.17 Å². The number of alkyl halides is 3. The zero-order valence-corrected chi connectivity index (χ0v) is 18.4. The maximum Gasteiger partial charge on any atom is 0.288 e. The second-order valence-corrected chi connectivity index (χ2v) is 9.03. The summed E-state index contributed by atoms with van der Waals surface area (Å²) in [5, 5.41) is 8.54. The van der Waals surface area contributed by atoms with Crippen LogP contribution in [0.4, 0.5) is 5.69 Å². The second kappa shape index (κ2) is 8.80. The van der Waals surface area contributed by atoms with Gasteiger partial charge in [-0.3, -0.25) is 4.79 Å². The van der Waals surface area contributed by atoms with Crippen LogP contribution >= 0.6 is 63.0 Å². The molecule has 5 nitrogen and oxygen atoms in total. The van der Waals surface area contributed by atoms with Gasteiger partial charge in [0.05, 0.1) is 0 Å². The number of rotatable bonds is 4. The van der Waals surface area contributed by atoms with Crippen molar-refractivity contribution in [3.8, 4) is 0 Å². The summed E-state index contributed by atoms with van der Waals surface area (Å²) in [6, 6.07) is 8.91. The maximum atomic E-state index is 12.2. The Morgan fingerprint density at radius 3 is 2.42 bits per heavy atom. The molecule has 10 heteroatoms. The second-order valence-electron chi connectivity index (χ2n) is 5.47. The quantitative estimate of drug-likeness (QED) is 0.311. The summed E-state index contributed by atoms with van der Waals surface area (Å²) >= 11 is 26.3. The van der Waals surface area contributed by atoms with Gasteiger partial charge in [0.25, 0.3) is 5.91 Å². The van der Waals surface area contributed by atoms with Gasteiger partial charge in [-0.25, -0.2) is 0 Å². The molecular weight excluding hydrogens is 485 g/mol. The molecule has 140 valence electrons. The summed E-state index contributed by atoms with van der Waals surface area (Å²) in [6.45, 7) is 3.94. The average molecular weight is 500 g/mol. The first-order valence-corrected chi connectivity index (χ1v) is 9.67. The van der Waals surface area contributed by atoms with Gasteiger partial charge in [-0.05, 0) is 65.8 Å². The Morgan fingerprint density at radius 1 is 1.19 bits per heavy atom. The lowest BCUT2D eigenvalue weighted by molar-refractivity contribution is 0.0905. The molecule has 2 rings (SSSR count). The molecule has 1 aromatic carbocycles. The summed E-state index contributed by atoms with van der Waals surface area (Å²) in [5.41, 5.74) is 2.93. The normalized spacial score (nSPS) is 12.4. The van der Waals surface area contributed by atoms with E-state index in [9.17, 15) is 4.79 Å². The molecule has 1 amide bonds. The highest BCUT2D eigenvalue weighted by molar-refractivity contribution is 9.10. The predicted octanol–water partition coefficient (Wildman–Crippen LogP) is 5.07. The molecule has 0 fully saturated rings. The Labute approximate surface area is 179 Å². The third-order valence-electron chi connectivity index (χ3n) is 3.31. The van der Waals surface area contributed by atoms with Crippen LogP contribution in [-0.4, -0.2) is 21.0 Å². The number of furan rings is 1. The van der Waals surface area contributed by atoms with Crippen LogP contribution in [0.2, 0.25) is 0 Å². The van der Waals surface area contributed by atoms with Crippen molar-refractivity contribution in [2.45, 2.75) is 23.8 Å². The molecule has 1 heterocycles. The summed E-state index contributed by atoms with van der Waals surface area (Å²) in [4.78, 5) is 12.2. The van der Waals surface area contributed by atoms with Gasteiger partial charge in [-0.2, -0.15) is 0 Å². The van der Waals surface area contributed by atoms with Crippen molar-refractivity contribution in [1.29, 1.82) is 0 Å². The fourth-order valence-electron chi connectivity index (χ4n) is 2.08. The highest BCUT2D eigenvalue weighted by atomic mass is 79.9. The van der Waals surface area contributed by atoms with Crippen LogP contribution in [0.15, 0.2) is 39.4 Å². The van der Waals surface area contributed by atoms with E-state index in [4.69, 9.17) is 51.4 Å². The van der Waals surface area contributed by atoms with Crippen LogP contribution in [0.3, 0.4) is 0 Å². The number of carbonyl (C=O) groups is 1. The summed E-state index contributed by atoms with van der Waals surface area (Å²) < 4.78 is 3.74. The fourth-order valence-corrected chi connectivity index (χ4v) is 2.94. The van der Waals surface area contributed by atoms with E-state index in [1.54, 1.807) is 6.07 Å². The Kier molecular flexibility index (Phi) is 7.21. The van der Waals surface area contributed by atoms with Crippen molar-refractivity contribution in [3.63, 3.8) is 0 Å². The van der Waals surface area contributed by atoms with E-state index in [0.29, 0.717) is 4.67 Å². The molecule has 0 saturated carbocycles. The smallest absolute Gasteiger partial charge is 0.288 e. The minimum absolute atomic E-state index is 0.0613. The fraction of sp³-hybridized carbons (Fsp3) is 0.250. The minimum Gasteiger partial charge on any atom is -0.444 e. The molecule has 3 N–H and O–H groups in total. The first kappa shape index (κ1) is 21.3. The zero-order chi connectivity index (χ0) is 19.5. The van der Waals surface area contributed by atoms with Crippen molar-refractivity contribution in [1.82, 2.24) is 10.6 Å². The van der Waals surface area contributed by atoms with Crippen molar-refractivity contribution in [2.75, 3.05) is 5.32 Å². The number of benzene rings is 1. The Balaban J connectivity index is 2.07. The molecule has 0 unspecified atom stereocenters. The lowest BCUT2D eigenvalue weighted by Gasteiger charge is -2.27. The van der Waals surface area contributed by atoms with Gasteiger partial charge < -0.3 is 20.4 Å². The largest absolute Gasteiger partial charge is 0.444 e. The molecule has 0 spiro atoms. The van der Waals surface area contributed by atoms with Gasteiger partial charge >= 0.3 is 0 Å². The van der Waals surface area contributed by atoms with Crippen LogP contribution < -0.4 is 16.0 Å². The van der Waals surface area contributed by atoms with Gasteiger partial charge in [0.2, 0.25) is 3.79 Å². The van der Waals surface area contributed by atoms with Crippen LogP contribution in [0, 0.1) is 13.8 Å². The lowest BCUT2D eigenvalue weighted by Crippen LogP contribution is -2.56. The molecular formula is C16H15BrCl3N3O2S. The standard InChI is InChI=1S/C16H15BrCl3N3O2S/c1-8-3-4-10(9(2)7-8)21-15(26)23-14(16(18,19)20)22-13(24)11-5-6-12(17)25-11/h3-7,14H,1-2H3,(H,22,24)(H2,21,23,26)/t14-/m0/s1. The van der Waals surface area contributed by atoms with Crippen LogP contribution in [0.1, 0.15) is 21.7 Å². The predicted molar refractivity (Wildman–Crippen MR) is 113 cm³/mol. The molecule has 0 saturated heterocycles. The number of carbonyl (C=O) groups excluding carboxylic acids is 1. The van der Waals surface area contributed by atoms with Crippen molar-refractivity contribution >= 4 is 79.7 Å².